The van der Waals surface area contributed by atoms with E-state index in [-0.39, 0.29) is 0 Å². The van der Waals surface area contributed by atoms with Crippen LogP contribution in [0.1, 0.15) is 115 Å². The summed E-state index contributed by atoms with van der Waals surface area (Å²) in [7, 11) is 0. The summed E-state index contributed by atoms with van der Waals surface area (Å²) in [5.74, 6) is 3.80. The van der Waals surface area contributed by atoms with Crippen LogP contribution in [0.2, 0.25) is 0 Å². The van der Waals surface area contributed by atoms with E-state index in [9.17, 15) is 0 Å². The molecule has 2 atom stereocenters. The number of rotatable bonds is 14. The van der Waals surface area contributed by atoms with Gasteiger partial charge in [-0.25, -0.2) is 0 Å². The molecule has 0 fully saturated rings. The fraction of sp³-hybridized carbons (Fsp3) is 0.178. The van der Waals surface area contributed by atoms with E-state index < -0.39 is 10.8 Å². The van der Waals surface area contributed by atoms with E-state index in [0.29, 0.717) is 23.7 Å². The Morgan fingerprint density at radius 1 is 0.347 bits per heavy atom. The fourth-order valence-electron chi connectivity index (χ4n) is 12.9. The summed E-state index contributed by atoms with van der Waals surface area (Å²) in [5.41, 5.74) is 19.9. The predicted molar refractivity (Wildman–Crippen MR) is 313 cm³/mol. The van der Waals surface area contributed by atoms with Gasteiger partial charge in [0.2, 0.25) is 0 Å². The highest BCUT2D eigenvalue weighted by atomic mass is 16.5. The number of para-hydroxylation sites is 1. The number of anilines is 3. The van der Waals surface area contributed by atoms with Crippen molar-refractivity contribution in [3.63, 3.8) is 0 Å². The SMILES string of the molecule is CC(C)CC(c1ccc(Oc2ccc(C3(c4ccc(C(C)C)cc4)c4ccccc4-c4ccc(N(c5ccccc5)c5ccc6c(c5)C(c5ccccc5)(c5ccccc5)c5ccccc5-6)cc43)cc2)cc1)C(C)C. The molecule has 2 heteroatoms. The van der Waals surface area contributed by atoms with Gasteiger partial charge < -0.3 is 9.64 Å². The Morgan fingerprint density at radius 2 is 0.733 bits per heavy atom. The minimum Gasteiger partial charge on any atom is -0.457 e. The first-order valence-electron chi connectivity index (χ1n) is 27.1. The molecule has 10 aromatic rings. The Kier molecular flexibility index (Phi) is 12.5. The quantitative estimate of drug-likeness (QED) is 0.108. The Morgan fingerprint density at radius 3 is 1.19 bits per heavy atom. The zero-order valence-corrected chi connectivity index (χ0v) is 44.0. The molecule has 0 aliphatic heterocycles. The molecule has 2 unspecified atom stereocenters. The third kappa shape index (κ3) is 8.10. The molecule has 0 saturated carbocycles. The van der Waals surface area contributed by atoms with Crippen LogP contribution in [-0.4, -0.2) is 0 Å². The second kappa shape index (κ2) is 19.6. The summed E-state index contributed by atoms with van der Waals surface area (Å²) in [5, 5.41) is 0. The lowest BCUT2D eigenvalue weighted by molar-refractivity contribution is 0.407. The lowest BCUT2D eigenvalue weighted by Gasteiger charge is -2.36. The first-order chi connectivity index (χ1) is 36.7. The molecule has 10 aromatic carbocycles. The molecule has 0 spiro atoms. The molecule has 75 heavy (non-hydrogen) atoms. The van der Waals surface area contributed by atoms with Gasteiger partial charge in [-0.3, -0.25) is 0 Å². The van der Waals surface area contributed by atoms with Gasteiger partial charge in [0.25, 0.3) is 0 Å². The Hall–Kier alpha value is -8.20. The lowest BCUT2D eigenvalue weighted by Crippen LogP contribution is -2.29. The number of nitrogens with zero attached hydrogens (tertiary/aromatic N) is 1. The molecule has 0 bridgehead atoms. The number of hydrogen-bond acceptors (Lipinski definition) is 2. The highest BCUT2D eigenvalue weighted by molar-refractivity contribution is 5.92. The zero-order chi connectivity index (χ0) is 51.3. The van der Waals surface area contributed by atoms with Crippen molar-refractivity contribution in [3.8, 4) is 33.8 Å². The highest BCUT2D eigenvalue weighted by Crippen LogP contribution is 2.60. The first kappa shape index (κ1) is 47.8. The average Bonchev–Trinajstić information content (AvgIpc) is 3.96. The van der Waals surface area contributed by atoms with Crippen LogP contribution in [-0.2, 0) is 10.8 Å². The van der Waals surface area contributed by atoms with Gasteiger partial charge in [-0.05, 0) is 169 Å². The number of hydrogen-bond donors (Lipinski definition) is 0. The lowest BCUT2D eigenvalue weighted by atomic mass is 9.67. The Bertz CT molecular complexity index is 3570. The fourth-order valence-corrected chi connectivity index (χ4v) is 12.9. The van der Waals surface area contributed by atoms with E-state index in [1.165, 1.54) is 84.3 Å². The van der Waals surface area contributed by atoms with Gasteiger partial charge in [-0.1, -0.05) is 230 Å². The van der Waals surface area contributed by atoms with Crippen molar-refractivity contribution in [2.75, 3.05) is 4.90 Å². The molecule has 2 aliphatic rings. The van der Waals surface area contributed by atoms with Crippen LogP contribution in [0.4, 0.5) is 17.1 Å². The third-order valence-corrected chi connectivity index (χ3v) is 16.4. The molecule has 12 rings (SSSR count). The van der Waals surface area contributed by atoms with Gasteiger partial charge in [-0.15, -0.1) is 0 Å². The summed E-state index contributed by atoms with van der Waals surface area (Å²) in [6.45, 7) is 13.9. The van der Waals surface area contributed by atoms with Crippen molar-refractivity contribution >= 4 is 17.1 Å². The maximum absolute atomic E-state index is 6.66. The smallest absolute Gasteiger partial charge is 0.127 e. The van der Waals surface area contributed by atoms with Crippen molar-refractivity contribution in [2.45, 2.75) is 70.6 Å². The average molecular weight is 972 g/mol. The molecule has 0 N–H and O–H groups in total. The van der Waals surface area contributed by atoms with E-state index in [1.54, 1.807) is 0 Å². The number of benzene rings is 10. The van der Waals surface area contributed by atoms with E-state index in [1.807, 2.05) is 0 Å². The number of fused-ring (bicyclic) bond motifs is 6. The second-order valence-corrected chi connectivity index (χ2v) is 21.9. The van der Waals surface area contributed by atoms with Crippen molar-refractivity contribution in [3.05, 3.63) is 304 Å². The van der Waals surface area contributed by atoms with Gasteiger partial charge in [0, 0.05) is 17.1 Å². The predicted octanol–water partition coefficient (Wildman–Crippen LogP) is 19.6. The minimum absolute atomic E-state index is 0.406. The minimum atomic E-state index is -0.641. The van der Waals surface area contributed by atoms with Gasteiger partial charge in [0.15, 0.2) is 0 Å². The number of ether oxygens (including phenoxy) is 1. The van der Waals surface area contributed by atoms with Crippen molar-refractivity contribution in [1.29, 1.82) is 0 Å². The van der Waals surface area contributed by atoms with Crippen LogP contribution in [0.3, 0.4) is 0 Å². The summed E-state index contributed by atoms with van der Waals surface area (Å²) < 4.78 is 6.66. The molecule has 2 aliphatic carbocycles. The van der Waals surface area contributed by atoms with Crippen LogP contribution in [0.5, 0.6) is 11.5 Å². The topological polar surface area (TPSA) is 12.5 Å². The van der Waals surface area contributed by atoms with Crippen LogP contribution >= 0.6 is 0 Å². The van der Waals surface area contributed by atoms with Gasteiger partial charge in [-0.2, -0.15) is 0 Å². The molecule has 0 radical (unpaired) electrons. The second-order valence-electron chi connectivity index (χ2n) is 21.9. The maximum Gasteiger partial charge on any atom is 0.127 e. The van der Waals surface area contributed by atoms with Crippen LogP contribution < -0.4 is 9.64 Å². The molecule has 2 nitrogen and oxygen atoms in total. The Balaban J connectivity index is 1.03. The van der Waals surface area contributed by atoms with E-state index in [0.717, 1.165) is 28.6 Å². The van der Waals surface area contributed by atoms with Crippen LogP contribution in [0.15, 0.2) is 249 Å². The Labute approximate surface area is 445 Å². The summed E-state index contributed by atoms with van der Waals surface area (Å²) >= 11 is 0. The van der Waals surface area contributed by atoms with Crippen molar-refractivity contribution in [2.24, 2.45) is 11.8 Å². The largest absolute Gasteiger partial charge is 0.457 e. The van der Waals surface area contributed by atoms with Crippen molar-refractivity contribution in [1.82, 2.24) is 0 Å². The van der Waals surface area contributed by atoms with Crippen LogP contribution in [0.25, 0.3) is 22.3 Å². The molecule has 0 saturated heterocycles. The standard InChI is InChI=1S/C73H65NO/c1-49(2)46-67(51(5)6)53-32-40-61(41-33-53)75-62-42-36-57(37-43-62)73(56-34-30-52(31-35-56)50(3)4)69-29-19-17-27-64(69)66-45-39-60(48-71(66)73)74(58-24-14-9-15-25-58)59-38-44-65-63-26-16-18-28-68(63)72(70(65)47-59,54-20-10-7-11-21-54)55-22-12-8-13-23-55/h7-45,47-51,67H,46H2,1-6H3. The molecule has 0 amide bonds. The molecule has 0 heterocycles. The third-order valence-electron chi connectivity index (χ3n) is 16.4. The van der Waals surface area contributed by atoms with Gasteiger partial charge in [0.1, 0.15) is 11.5 Å². The summed E-state index contributed by atoms with van der Waals surface area (Å²) in [4.78, 5) is 2.47. The zero-order valence-electron chi connectivity index (χ0n) is 44.0. The van der Waals surface area contributed by atoms with Crippen LogP contribution in [0, 0.1) is 11.8 Å². The molecule has 368 valence electrons. The molecule has 0 aromatic heterocycles. The maximum atomic E-state index is 6.66. The first-order valence-corrected chi connectivity index (χ1v) is 27.1. The monoisotopic (exact) mass is 972 g/mol. The molecular weight excluding hydrogens is 907 g/mol. The molecular formula is C73H65NO. The van der Waals surface area contributed by atoms with Gasteiger partial charge >= 0.3 is 0 Å². The van der Waals surface area contributed by atoms with E-state index in [4.69, 9.17) is 4.74 Å². The summed E-state index contributed by atoms with van der Waals surface area (Å²) in [6.07, 6.45) is 1.17. The highest BCUT2D eigenvalue weighted by Gasteiger charge is 2.48. The van der Waals surface area contributed by atoms with E-state index >= 15 is 0 Å². The summed E-state index contributed by atoms with van der Waals surface area (Å²) in [6, 6.07) is 92.7. The van der Waals surface area contributed by atoms with Gasteiger partial charge in [0.05, 0.1) is 10.8 Å². The van der Waals surface area contributed by atoms with Crippen molar-refractivity contribution < 1.29 is 4.74 Å². The normalized spacial score (nSPS) is 15.3. The van der Waals surface area contributed by atoms with E-state index in [2.05, 4.69) is 295 Å².